The number of hydrogen-bond donors (Lipinski definition) is 1. The van der Waals surface area contributed by atoms with Crippen LogP contribution in [0.3, 0.4) is 0 Å². The molecule has 5 heteroatoms. The summed E-state index contributed by atoms with van der Waals surface area (Å²) >= 11 is 0. The number of nitrogens with zero attached hydrogens (tertiary/aromatic N) is 1. The van der Waals surface area contributed by atoms with Gasteiger partial charge in [-0.15, -0.1) is 0 Å². The highest BCUT2D eigenvalue weighted by Crippen LogP contribution is 2.21. The van der Waals surface area contributed by atoms with Crippen LogP contribution in [-0.2, 0) is 11.3 Å². The number of alkyl halides is 2. The summed E-state index contributed by atoms with van der Waals surface area (Å²) in [5.74, 6) is -1.06. The lowest BCUT2D eigenvalue weighted by Crippen LogP contribution is -2.38. The maximum Gasteiger partial charge on any atom is 0.307 e. The van der Waals surface area contributed by atoms with Gasteiger partial charge in [0.05, 0.1) is 5.92 Å². The van der Waals surface area contributed by atoms with Crippen LogP contribution in [-0.4, -0.2) is 29.1 Å². The van der Waals surface area contributed by atoms with Gasteiger partial charge in [0.2, 0.25) is 0 Å². The van der Waals surface area contributed by atoms with Gasteiger partial charge >= 0.3 is 5.97 Å². The molecule has 0 aliphatic carbocycles. The van der Waals surface area contributed by atoms with E-state index in [0.29, 0.717) is 13.1 Å². The first-order chi connectivity index (χ1) is 9.06. The molecule has 0 radical (unpaired) electrons. The summed E-state index contributed by atoms with van der Waals surface area (Å²) in [4.78, 5) is 13.0. The normalized spacial score (nSPS) is 20.7. The van der Waals surface area contributed by atoms with Crippen molar-refractivity contribution in [2.75, 3.05) is 13.1 Å². The summed E-state index contributed by atoms with van der Waals surface area (Å²) in [6.07, 6.45) is -0.858. The predicted molar refractivity (Wildman–Crippen MR) is 67.0 cm³/mol. The summed E-state index contributed by atoms with van der Waals surface area (Å²) < 4.78 is 24.8. The highest BCUT2D eigenvalue weighted by Gasteiger charge is 2.25. The fourth-order valence-corrected chi connectivity index (χ4v) is 2.43. The molecule has 3 nitrogen and oxygen atoms in total. The molecule has 0 aromatic heterocycles. The van der Waals surface area contributed by atoms with E-state index in [0.717, 1.165) is 24.9 Å². The average molecular weight is 269 g/mol. The average Bonchev–Trinajstić information content (AvgIpc) is 2.39. The zero-order valence-electron chi connectivity index (χ0n) is 10.6. The number of carbonyl (C=O) groups is 1. The molecule has 1 heterocycles. The Kier molecular flexibility index (Phi) is 4.47. The molecule has 1 aromatic rings. The van der Waals surface area contributed by atoms with Gasteiger partial charge in [-0.1, -0.05) is 24.3 Å². The summed E-state index contributed by atoms with van der Waals surface area (Å²) in [6.45, 7) is 2.01. The minimum Gasteiger partial charge on any atom is -0.481 e. The third-order valence-corrected chi connectivity index (χ3v) is 3.49. The lowest BCUT2D eigenvalue weighted by atomic mass is 9.98. The van der Waals surface area contributed by atoms with Crippen molar-refractivity contribution in [2.24, 2.45) is 5.92 Å². The summed E-state index contributed by atoms with van der Waals surface area (Å²) in [6, 6.07) is 6.23. The van der Waals surface area contributed by atoms with Gasteiger partial charge in [-0.3, -0.25) is 9.69 Å². The molecule has 1 aromatic carbocycles. The van der Waals surface area contributed by atoms with Crippen LogP contribution >= 0.6 is 0 Å². The van der Waals surface area contributed by atoms with Gasteiger partial charge in [0.1, 0.15) is 0 Å². The van der Waals surface area contributed by atoms with Crippen LogP contribution in [0.1, 0.15) is 30.4 Å². The highest BCUT2D eigenvalue weighted by atomic mass is 19.3. The van der Waals surface area contributed by atoms with E-state index in [1.807, 2.05) is 0 Å². The first kappa shape index (κ1) is 13.9. The summed E-state index contributed by atoms with van der Waals surface area (Å²) in [5, 5.41) is 9.01. The van der Waals surface area contributed by atoms with Gasteiger partial charge in [-0.05, 0) is 24.9 Å². The molecule has 1 atom stereocenters. The van der Waals surface area contributed by atoms with Crippen molar-refractivity contribution in [1.82, 2.24) is 4.90 Å². The van der Waals surface area contributed by atoms with E-state index in [1.165, 1.54) is 12.1 Å². The van der Waals surface area contributed by atoms with Crippen LogP contribution in [0.5, 0.6) is 0 Å². The van der Waals surface area contributed by atoms with E-state index in [9.17, 15) is 13.6 Å². The van der Waals surface area contributed by atoms with Crippen molar-refractivity contribution < 1.29 is 18.7 Å². The van der Waals surface area contributed by atoms with Crippen molar-refractivity contribution in [2.45, 2.75) is 25.8 Å². The lowest BCUT2D eigenvalue weighted by Gasteiger charge is -2.30. The van der Waals surface area contributed by atoms with Gasteiger partial charge < -0.3 is 5.11 Å². The van der Waals surface area contributed by atoms with Gasteiger partial charge in [-0.2, -0.15) is 0 Å². The Labute approximate surface area is 110 Å². The van der Waals surface area contributed by atoms with E-state index in [-0.39, 0.29) is 11.5 Å². The van der Waals surface area contributed by atoms with Crippen molar-refractivity contribution in [3.8, 4) is 0 Å². The van der Waals surface area contributed by atoms with Gasteiger partial charge in [-0.25, -0.2) is 8.78 Å². The second kappa shape index (κ2) is 6.10. The molecule has 104 valence electrons. The molecule has 19 heavy (non-hydrogen) atoms. The number of benzene rings is 1. The third kappa shape index (κ3) is 3.73. The molecule has 0 amide bonds. The number of rotatable bonds is 4. The number of aliphatic carboxylic acids is 1. The van der Waals surface area contributed by atoms with Crippen LogP contribution in [0.25, 0.3) is 0 Å². The van der Waals surface area contributed by atoms with Crippen molar-refractivity contribution in [1.29, 1.82) is 0 Å². The van der Waals surface area contributed by atoms with Gasteiger partial charge in [0.25, 0.3) is 6.43 Å². The third-order valence-electron chi connectivity index (χ3n) is 3.49. The van der Waals surface area contributed by atoms with E-state index in [2.05, 4.69) is 4.90 Å². The number of carboxylic acids is 1. The highest BCUT2D eigenvalue weighted by molar-refractivity contribution is 5.70. The summed E-state index contributed by atoms with van der Waals surface area (Å²) in [7, 11) is 0. The molecule has 1 fully saturated rings. The maximum absolute atomic E-state index is 12.4. The lowest BCUT2D eigenvalue weighted by molar-refractivity contribution is -0.143. The summed E-state index contributed by atoms with van der Waals surface area (Å²) in [5.41, 5.74) is 0.959. The quantitative estimate of drug-likeness (QED) is 0.913. The largest absolute Gasteiger partial charge is 0.481 e. The van der Waals surface area contributed by atoms with Crippen LogP contribution < -0.4 is 0 Å². The van der Waals surface area contributed by atoms with Crippen LogP contribution in [0.15, 0.2) is 24.3 Å². The Bertz CT molecular complexity index is 434. The minimum atomic E-state index is -2.44. The molecule has 1 saturated heterocycles. The first-order valence-corrected chi connectivity index (χ1v) is 6.38. The Hall–Kier alpha value is -1.49. The maximum atomic E-state index is 12.4. The van der Waals surface area contributed by atoms with Crippen LogP contribution in [0.2, 0.25) is 0 Å². The zero-order valence-corrected chi connectivity index (χ0v) is 10.6. The molecular weight excluding hydrogens is 252 g/mol. The molecule has 0 saturated carbocycles. The topological polar surface area (TPSA) is 40.5 Å². The predicted octanol–water partition coefficient (Wildman–Crippen LogP) is 2.92. The Balaban J connectivity index is 1.95. The molecule has 0 spiro atoms. The SMILES string of the molecule is O=C(O)C1CCCN(Cc2ccc(C(F)F)cc2)C1. The minimum absolute atomic E-state index is 0.0193. The van der Waals surface area contributed by atoms with Crippen molar-refractivity contribution in [3.05, 3.63) is 35.4 Å². The number of piperidine rings is 1. The fourth-order valence-electron chi connectivity index (χ4n) is 2.43. The standard InChI is InChI=1S/C14H17F2NO2/c15-13(16)11-5-3-10(4-6-11)8-17-7-1-2-12(9-17)14(18)19/h3-6,12-13H,1-2,7-9H2,(H,18,19). The molecule has 0 bridgehead atoms. The van der Waals surface area contributed by atoms with E-state index >= 15 is 0 Å². The second-order valence-electron chi connectivity index (χ2n) is 4.95. The van der Waals surface area contributed by atoms with Crippen LogP contribution in [0, 0.1) is 5.92 Å². The molecule has 1 unspecified atom stereocenters. The van der Waals surface area contributed by atoms with E-state index in [1.54, 1.807) is 12.1 Å². The molecular formula is C14H17F2NO2. The molecule has 1 aliphatic rings. The van der Waals surface area contributed by atoms with E-state index < -0.39 is 12.4 Å². The molecule has 1 aliphatic heterocycles. The first-order valence-electron chi connectivity index (χ1n) is 6.38. The number of likely N-dealkylation sites (tertiary alicyclic amines) is 1. The van der Waals surface area contributed by atoms with Crippen molar-refractivity contribution in [3.63, 3.8) is 0 Å². The van der Waals surface area contributed by atoms with Crippen LogP contribution in [0.4, 0.5) is 8.78 Å². The smallest absolute Gasteiger partial charge is 0.307 e. The molecule has 2 rings (SSSR count). The zero-order chi connectivity index (χ0) is 13.8. The monoisotopic (exact) mass is 269 g/mol. The number of carboxylic acid groups (broad SMARTS) is 1. The molecule has 1 N–H and O–H groups in total. The van der Waals surface area contributed by atoms with Crippen molar-refractivity contribution >= 4 is 5.97 Å². The Morgan fingerprint density at radius 3 is 2.63 bits per heavy atom. The van der Waals surface area contributed by atoms with Gasteiger partial charge in [0, 0.05) is 18.7 Å². The Morgan fingerprint density at radius 2 is 2.05 bits per heavy atom. The van der Waals surface area contributed by atoms with Gasteiger partial charge in [0.15, 0.2) is 0 Å². The fraction of sp³-hybridized carbons (Fsp3) is 0.500. The Morgan fingerprint density at radius 1 is 1.37 bits per heavy atom. The number of hydrogen-bond acceptors (Lipinski definition) is 2. The number of halogens is 2. The van der Waals surface area contributed by atoms with E-state index in [4.69, 9.17) is 5.11 Å². The second-order valence-corrected chi connectivity index (χ2v) is 4.95.